The van der Waals surface area contributed by atoms with Gasteiger partial charge in [0, 0.05) is 11.6 Å². The zero-order chi connectivity index (χ0) is 21.6. The number of hydrogen-bond acceptors (Lipinski definition) is 4. The van der Waals surface area contributed by atoms with E-state index in [0.717, 1.165) is 9.87 Å². The first-order valence-electron chi connectivity index (χ1n) is 9.14. The van der Waals surface area contributed by atoms with E-state index in [0.29, 0.717) is 23.7 Å². The van der Waals surface area contributed by atoms with Crippen molar-refractivity contribution in [3.63, 3.8) is 0 Å². The van der Waals surface area contributed by atoms with E-state index in [2.05, 4.69) is 5.32 Å². The topological polar surface area (TPSA) is 79.6 Å². The lowest BCUT2D eigenvalue weighted by atomic mass is 10.1. The van der Waals surface area contributed by atoms with Gasteiger partial charge in [-0.25, -0.2) is 12.8 Å². The zero-order valence-corrected chi connectivity index (χ0v) is 17.5. The molecule has 1 amide bonds. The van der Waals surface area contributed by atoms with Gasteiger partial charge in [0.2, 0.25) is 15.9 Å². The summed E-state index contributed by atoms with van der Waals surface area (Å²) in [5, 5.41) is 3.11. The second-order valence-electron chi connectivity index (χ2n) is 6.53. The molecule has 0 fully saturated rings. The summed E-state index contributed by atoms with van der Waals surface area (Å²) >= 11 is 5.85. The Morgan fingerprint density at radius 2 is 1.77 bits per heavy atom. The molecule has 0 aliphatic carbocycles. The van der Waals surface area contributed by atoms with Gasteiger partial charge in [0.15, 0.2) is 0 Å². The summed E-state index contributed by atoms with van der Waals surface area (Å²) in [7, 11) is -3.96. The van der Waals surface area contributed by atoms with Gasteiger partial charge >= 0.3 is 0 Å². The number of amides is 1. The number of hydrogen-bond donors (Lipinski definition) is 1. The number of nitrogens with one attached hydrogen (secondary N) is 1. The maximum absolute atomic E-state index is 13.1. The lowest BCUT2D eigenvalue weighted by molar-refractivity contribution is -0.121. The Labute approximate surface area is 179 Å². The molecule has 1 heterocycles. The molecule has 1 N–H and O–H groups in total. The van der Waals surface area contributed by atoms with Gasteiger partial charge in [0.25, 0.3) is 0 Å². The number of sulfonamides is 1. The molecule has 0 unspecified atom stereocenters. The van der Waals surface area contributed by atoms with Gasteiger partial charge in [0.1, 0.15) is 11.6 Å². The summed E-state index contributed by atoms with van der Waals surface area (Å²) in [6.07, 6.45) is 1.93. The molecule has 0 saturated carbocycles. The van der Waals surface area contributed by atoms with Crippen molar-refractivity contribution in [1.29, 1.82) is 0 Å². The highest BCUT2D eigenvalue weighted by atomic mass is 35.5. The first-order valence-corrected chi connectivity index (χ1v) is 11.0. The van der Waals surface area contributed by atoms with Crippen LogP contribution in [0.25, 0.3) is 0 Å². The molecule has 0 bridgehead atoms. The molecule has 2 aromatic carbocycles. The highest BCUT2D eigenvalue weighted by Gasteiger charge is 2.27. The van der Waals surface area contributed by atoms with Gasteiger partial charge in [-0.2, -0.15) is 4.31 Å². The molecule has 30 heavy (non-hydrogen) atoms. The van der Waals surface area contributed by atoms with Crippen LogP contribution in [0.1, 0.15) is 11.3 Å². The van der Waals surface area contributed by atoms with Crippen molar-refractivity contribution in [2.24, 2.45) is 0 Å². The van der Waals surface area contributed by atoms with E-state index in [1.807, 2.05) is 0 Å². The fourth-order valence-corrected chi connectivity index (χ4v) is 4.26. The number of furan rings is 1. The number of rotatable bonds is 9. The number of nitrogens with zero attached hydrogens (tertiary/aromatic N) is 1. The summed E-state index contributed by atoms with van der Waals surface area (Å²) in [6.45, 7) is -0.182. The van der Waals surface area contributed by atoms with Gasteiger partial charge in [-0.15, -0.1) is 0 Å². The quantitative estimate of drug-likeness (QED) is 0.540. The summed E-state index contributed by atoms with van der Waals surface area (Å²) in [5.41, 5.74) is 0.859. The number of halogens is 2. The molecule has 158 valence electrons. The van der Waals surface area contributed by atoms with E-state index >= 15 is 0 Å². The summed E-state index contributed by atoms with van der Waals surface area (Å²) in [4.78, 5) is 12.5. The first-order chi connectivity index (χ1) is 14.3. The van der Waals surface area contributed by atoms with Crippen LogP contribution in [0.3, 0.4) is 0 Å². The van der Waals surface area contributed by atoms with Crippen molar-refractivity contribution < 1.29 is 22.0 Å². The van der Waals surface area contributed by atoms with Crippen LogP contribution in [0.5, 0.6) is 0 Å². The van der Waals surface area contributed by atoms with Crippen LogP contribution in [0.15, 0.2) is 76.2 Å². The third-order valence-electron chi connectivity index (χ3n) is 4.33. The molecule has 0 aliphatic heterocycles. The second-order valence-corrected chi connectivity index (χ2v) is 8.91. The lowest BCUT2D eigenvalue weighted by Crippen LogP contribution is -2.40. The van der Waals surface area contributed by atoms with E-state index in [4.69, 9.17) is 16.0 Å². The molecule has 3 rings (SSSR count). The fourth-order valence-electron chi connectivity index (χ4n) is 2.77. The highest BCUT2D eigenvalue weighted by Crippen LogP contribution is 2.20. The molecule has 0 spiro atoms. The van der Waals surface area contributed by atoms with Crippen molar-refractivity contribution in [2.45, 2.75) is 17.9 Å². The summed E-state index contributed by atoms with van der Waals surface area (Å²) in [6, 6.07) is 15.0. The first kappa shape index (κ1) is 22.0. The minimum Gasteiger partial charge on any atom is -0.468 e. The van der Waals surface area contributed by atoms with Gasteiger partial charge in [-0.3, -0.25) is 4.79 Å². The Morgan fingerprint density at radius 1 is 1.07 bits per heavy atom. The van der Waals surface area contributed by atoms with Gasteiger partial charge in [-0.1, -0.05) is 23.7 Å². The minimum absolute atomic E-state index is 0.0255. The maximum atomic E-state index is 13.1. The van der Waals surface area contributed by atoms with Crippen molar-refractivity contribution in [1.82, 2.24) is 9.62 Å². The Morgan fingerprint density at radius 3 is 2.40 bits per heavy atom. The Bertz CT molecular complexity index is 1070. The molecule has 0 saturated heterocycles. The van der Waals surface area contributed by atoms with E-state index in [9.17, 15) is 17.6 Å². The number of carbonyl (C=O) groups excluding carboxylic acids is 1. The third-order valence-corrected chi connectivity index (χ3v) is 6.39. The average molecular weight is 451 g/mol. The van der Waals surface area contributed by atoms with Crippen LogP contribution in [-0.4, -0.2) is 31.7 Å². The molecule has 6 nitrogen and oxygen atoms in total. The molecular weight excluding hydrogens is 431 g/mol. The molecule has 3 aromatic rings. The van der Waals surface area contributed by atoms with Crippen molar-refractivity contribution >= 4 is 27.5 Å². The standard InChI is InChI=1S/C21H20ClFN2O4S/c22-17-5-9-20(10-6-17)30(27,28)25(14-19-2-1-13-29-19)15-21(26)24-12-11-16-3-7-18(23)8-4-16/h1-10,13H,11-12,14-15H2,(H,24,26). The zero-order valence-electron chi connectivity index (χ0n) is 15.9. The monoisotopic (exact) mass is 450 g/mol. The number of carbonyl (C=O) groups is 1. The molecule has 9 heteroatoms. The van der Waals surface area contributed by atoms with Crippen LogP contribution >= 0.6 is 11.6 Å². The van der Waals surface area contributed by atoms with Crippen LogP contribution in [-0.2, 0) is 27.8 Å². The normalized spacial score (nSPS) is 11.6. The Balaban J connectivity index is 1.68. The van der Waals surface area contributed by atoms with E-state index in [-0.39, 0.29) is 23.8 Å². The molecule has 0 atom stereocenters. The van der Waals surface area contributed by atoms with Gasteiger partial charge in [0.05, 0.1) is 24.2 Å². The van der Waals surface area contributed by atoms with Crippen molar-refractivity contribution in [2.75, 3.05) is 13.1 Å². The van der Waals surface area contributed by atoms with Crippen LogP contribution in [0.4, 0.5) is 4.39 Å². The SMILES string of the molecule is O=C(CN(Cc1ccco1)S(=O)(=O)c1ccc(Cl)cc1)NCCc1ccc(F)cc1. The lowest BCUT2D eigenvalue weighted by Gasteiger charge is -2.21. The van der Waals surface area contributed by atoms with Crippen molar-refractivity contribution in [3.8, 4) is 0 Å². The predicted molar refractivity (Wildman–Crippen MR) is 111 cm³/mol. The molecule has 0 aliphatic rings. The molecule has 1 aromatic heterocycles. The van der Waals surface area contributed by atoms with Crippen LogP contribution in [0.2, 0.25) is 5.02 Å². The van der Waals surface area contributed by atoms with E-state index < -0.39 is 15.9 Å². The summed E-state index contributed by atoms with van der Waals surface area (Å²) in [5.74, 6) is -0.378. The molecule has 0 radical (unpaired) electrons. The fraction of sp³-hybridized carbons (Fsp3) is 0.190. The Kier molecular flexibility index (Phi) is 7.25. The predicted octanol–water partition coefficient (Wildman–Crippen LogP) is 3.62. The third kappa shape index (κ3) is 5.91. The van der Waals surface area contributed by atoms with Gasteiger partial charge in [-0.05, 0) is 60.5 Å². The summed E-state index contributed by atoms with van der Waals surface area (Å²) < 4.78 is 45.4. The average Bonchev–Trinajstić information content (AvgIpc) is 3.22. The maximum Gasteiger partial charge on any atom is 0.243 e. The van der Waals surface area contributed by atoms with Crippen LogP contribution < -0.4 is 5.32 Å². The van der Waals surface area contributed by atoms with Crippen molar-refractivity contribution in [3.05, 3.63) is 89.1 Å². The van der Waals surface area contributed by atoms with Gasteiger partial charge < -0.3 is 9.73 Å². The van der Waals surface area contributed by atoms with Crippen LogP contribution in [0, 0.1) is 5.82 Å². The molecular formula is C21H20ClFN2O4S. The second kappa shape index (κ2) is 9.88. The van der Waals surface area contributed by atoms with E-state index in [1.54, 1.807) is 24.3 Å². The van der Waals surface area contributed by atoms with E-state index in [1.165, 1.54) is 42.7 Å². The number of benzene rings is 2. The minimum atomic E-state index is -3.96. The highest BCUT2D eigenvalue weighted by molar-refractivity contribution is 7.89. The largest absolute Gasteiger partial charge is 0.468 e. The Hall–Kier alpha value is -2.68. The smallest absolute Gasteiger partial charge is 0.243 e.